The Bertz CT molecular complexity index is 813. The predicted octanol–water partition coefficient (Wildman–Crippen LogP) is 5.60. The molecule has 0 amide bonds. The highest BCUT2D eigenvalue weighted by Gasteiger charge is 2.33. The standard InChI is InChI=1S/C23H30N2/c1-16(2)23(3,4)20-14-10-13-19-17-11-8-9-12-18(17)21(15-24(5)6)25(7)22(19)20/h8-16H,1-7H3/b21-15-. The quantitative estimate of drug-likeness (QED) is 0.721. The molecule has 2 aromatic rings. The molecule has 2 nitrogen and oxygen atoms in total. The Morgan fingerprint density at radius 1 is 0.920 bits per heavy atom. The minimum absolute atomic E-state index is 0.106. The molecule has 0 bridgehead atoms. The lowest BCUT2D eigenvalue weighted by molar-refractivity contribution is 0.373. The molecule has 0 spiro atoms. The molecule has 2 heteroatoms. The zero-order valence-electron chi connectivity index (χ0n) is 16.6. The average molecular weight is 335 g/mol. The van der Waals surface area contributed by atoms with E-state index in [0.29, 0.717) is 5.92 Å². The first-order valence-corrected chi connectivity index (χ1v) is 9.10. The van der Waals surface area contributed by atoms with Crippen molar-refractivity contribution in [2.45, 2.75) is 33.1 Å². The Labute approximate surface area is 152 Å². The largest absolute Gasteiger partial charge is 0.382 e. The lowest BCUT2D eigenvalue weighted by Gasteiger charge is -2.39. The summed E-state index contributed by atoms with van der Waals surface area (Å²) in [7, 11) is 6.37. The summed E-state index contributed by atoms with van der Waals surface area (Å²) in [5.41, 5.74) is 8.07. The fourth-order valence-electron chi connectivity index (χ4n) is 3.60. The van der Waals surface area contributed by atoms with Gasteiger partial charge in [-0.3, -0.25) is 0 Å². The lowest BCUT2D eigenvalue weighted by atomic mass is 9.72. The first-order valence-electron chi connectivity index (χ1n) is 9.10. The van der Waals surface area contributed by atoms with Crippen molar-refractivity contribution in [3.05, 3.63) is 59.8 Å². The fraction of sp³-hybridized carbons (Fsp3) is 0.391. The van der Waals surface area contributed by atoms with E-state index in [9.17, 15) is 0 Å². The number of fused-ring (bicyclic) bond motifs is 3. The van der Waals surface area contributed by atoms with Crippen LogP contribution in [0.15, 0.2) is 48.7 Å². The number of rotatable bonds is 3. The van der Waals surface area contributed by atoms with Crippen LogP contribution in [0.2, 0.25) is 0 Å². The van der Waals surface area contributed by atoms with E-state index in [4.69, 9.17) is 0 Å². The molecule has 132 valence electrons. The van der Waals surface area contributed by atoms with E-state index in [1.54, 1.807) is 0 Å². The van der Waals surface area contributed by atoms with Crippen LogP contribution in [-0.4, -0.2) is 26.0 Å². The summed E-state index contributed by atoms with van der Waals surface area (Å²) in [5.74, 6) is 0.561. The zero-order valence-corrected chi connectivity index (χ0v) is 16.6. The second-order valence-electron chi connectivity index (χ2n) is 8.16. The zero-order chi connectivity index (χ0) is 18.4. The highest BCUT2D eigenvalue weighted by molar-refractivity contribution is 5.99. The average Bonchev–Trinajstić information content (AvgIpc) is 2.57. The highest BCUT2D eigenvalue weighted by Crippen LogP contribution is 2.49. The molecule has 0 saturated carbocycles. The van der Waals surface area contributed by atoms with Crippen molar-refractivity contribution in [1.29, 1.82) is 0 Å². The molecule has 1 aliphatic heterocycles. The Morgan fingerprint density at radius 3 is 2.12 bits per heavy atom. The van der Waals surface area contributed by atoms with Crippen LogP contribution in [0.4, 0.5) is 5.69 Å². The molecule has 25 heavy (non-hydrogen) atoms. The molecule has 2 aromatic carbocycles. The normalized spacial score (nSPS) is 15.4. The van der Waals surface area contributed by atoms with Gasteiger partial charge in [-0.25, -0.2) is 0 Å². The molecule has 1 heterocycles. The topological polar surface area (TPSA) is 6.48 Å². The van der Waals surface area contributed by atoms with Crippen molar-refractivity contribution in [2.24, 2.45) is 5.92 Å². The van der Waals surface area contributed by atoms with E-state index < -0.39 is 0 Å². The molecule has 0 aromatic heterocycles. The van der Waals surface area contributed by atoms with Gasteiger partial charge in [0.15, 0.2) is 0 Å². The summed E-state index contributed by atoms with van der Waals surface area (Å²) in [6.07, 6.45) is 2.22. The number of nitrogens with zero attached hydrogens (tertiary/aromatic N) is 2. The summed E-state index contributed by atoms with van der Waals surface area (Å²) in [5, 5.41) is 0. The molecule has 0 atom stereocenters. The van der Waals surface area contributed by atoms with E-state index in [2.05, 4.69) is 107 Å². The molecule has 0 N–H and O–H groups in total. The maximum atomic E-state index is 2.37. The molecule has 0 unspecified atom stereocenters. The van der Waals surface area contributed by atoms with Gasteiger partial charge in [0.1, 0.15) is 0 Å². The SMILES string of the molecule is CC(C)C(C)(C)c1cccc2c1N(C)/C(=C\N(C)C)c1ccccc1-2. The second kappa shape index (κ2) is 6.25. The highest BCUT2D eigenvalue weighted by atomic mass is 15.2. The summed E-state index contributed by atoms with van der Waals surface area (Å²) in [4.78, 5) is 4.50. The van der Waals surface area contributed by atoms with E-state index >= 15 is 0 Å². The van der Waals surface area contributed by atoms with Crippen LogP contribution in [-0.2, 0) is 5.41 Å². The molecule has 1 aliphatic rings. The molecule has 0 aliphatic carbocycles. The number of para-hydroxylation sites is 1. The van der Waals surface area contributed by atoms with Crippen LogP contribution in [0.3, 0.4) is 0 Å². The van der Waals surface area contributed by atoms with E-state index in [1.807, 2.05) is 0 Å². The van der Waals surface area contributed by atoms with Gasteiger partial charge in [-0.15, -0.1) is 0 Å². The number of anilines is 1. The van der Waals surface area contributed by atoms with Gasteiger partial charge in [-0.05, 0) is 22.5 Å². The van der Waals surface area contributed by atoms with Crippen LogP contribution in [0.5, 0.6) is 0 Å². The summed E-state index contributed by atoms with van der Waals surface area (Å²) >= 11 is 0. The van der Waals surface area contributed by atoms with Gasteiger partial charge in [-0.1, -0.05) is 70.2 Å². The number of hydrogen-bond acceptors (Lipinski definition) is 2. The molecule has 0 radical (unpaired) electrons. The van der Waals surface area contributed by atoms with Crippen LogP contribution >= 0.6 is 0 Å². The maximum absolute atomic E-state index is 2.37. The monoisotopic (exact) mass is 334 g/mol. The minimum atomic E-state index is 0.106. The van der Waals surface area contributed by atoms with Gasteiger partial charge < -0.3 is 9.80 Å². The van der Waals surface area contributed by atoms with Crippen molar-refractivity contribution >= 4 is 11.4 Å². The third kappa shape index (κ3) is 2.84. The Balaban J connectivity index is 2.34. The van der Waals surface area contributed by atoms with E-state index in [-0.39, 0.29) is 5.41 Å². The molecular weight excluding hydrogens is 304 g/mol. The van der Waals surface area contributed by atoms with Gasteiger partial charge in [-0.2, -0.15) is 0 Å². The first kappa shape index (κ1) is 17.6. The molecular formula is C23H30N2. The van der Waals surface area contributed by atoms with Crippen molar-refractivity contribution in [1.82, 2.24) is 4.90 Å². The number of hydrogen-bond donors (Lipinski definition) is 0. The Morgan fingerprint density at radius 2 is 1.52 bits per heavy atom. The van der Waals surface area contributed by atoms with Gasteiger partial charge in [0.2, 0.25) is 0 Å². The second-order valence-corrected chi connectivity index (χ2v) is 8.16. The van der Waals surface area contributed by atoms with Crippen LogP contribution in [0, 0.1) is 5.92 Å². The Hall–Kier alpha value is -2.22. The van der Waals surface area contributed by atoms with Gasteiger partial charge in [0, 0.05) is 38.5 Å². The smallest absolute Gasteiger partial charge is 0.0649 e. The first-order chi connectivity index (χ1) is 11.7. The summed E-state index contributed by atoms with van der Waals surface area (Å²) in [6, 6.07) is 15.5. The maximum Gasteiger partial charge on any atom is 0.0649 e. The predicted molar refractivity (Wildman–Crippen MR) is 110 cm³/mol. The summed E-state index contributed by atoms with van der Waals surface area (Å²) in [6.45, 7) is 9.34. The van der Waals surface area contributed by atoms with Gasteiger partial charge in [0.05, 0.1) is 11.4 Å². The third-order valence-electron chi connectivity index (χ3n) is 5.74. The molecule has 0 fully saturated rings. The minimum Gasteiger partial charge on any atom is -0.382 e. The molecule has 0 saturated heterocycles. The lowest BCUT2D eigenvalue weighted by Crippen LogP contribution is -2.30. The van der Waals surface area contributed by atoms with Gasteiger partial charge in [0.25, 0.3) is 0 Å². The third-order valence-corrected chi connectivity index (χ3v) is 5.74. The van der Waals surface area contributed by atoms with Crippen LogP contribution in [0.1, 0.15) is 38.8 Å². The van der Waals surface area contributed by atoms with Crippen molar-refractivity contribution in [2.75, 3.05) is 26.0 Å². The molecule has 3 rings (SSSR count). The van der Waals surface area contributed by atoms with Crippen molar-refractivity contribution < 1.29 is 0 Å². The van der Waals surface area contributed by atoms with Crippen molar-refractivity contribution in [3.63, 3.8) is 0 Å². The van der Waals surface area contributed by atoms with Gasteiger partial charge >= 0.3 is 0 Å². The van der Waals surface area contributed by atoms with E-state index in [0.717, 1.165) is 0 Å². The number of benzene rings is 2. The van der Waals surface area contributed by atoms with Crippen LogP contribution < -0.4 is 4.90 Å². The van der Waals surface area contributed by atoms with Crippen molar-refractivity contribution in [3.8, 4) is 11.1 Å². The Kier molecular flexibility index (Phi) is 4.40. The fourth-order valence-corrected chi connectivity index (χ4v) is 3.60. The van der Waals surface area contributed by atoms with E-state index in [1.165, 1.54) is 33.6 Å². The van der Waals surface area contributed by atoms with Crippen LogP contribution in [0.25, 0.3) is 16.8 Å². The summed E-state index contributed by atoms with van der Waals surface area (Å²) < 4.78 is 0.